The Bertz CT molecular complexity index is 849. The van der Waals surface area contributed by atoms with Gasteiger partial charge in [0.25, 0.3) is 11.1 Å². The van der Waals surface area contributed by atoms with Crippen LogP contribution in [0.1, 0.15) is 19.4 Å². The van der Waals surface area contributed by atoms with E-state index in [0.717, 1.165) is 22.2 Å². The fourth-order valence-electron chi connectivity index (χ4n) is 2.63. The van der Waals surface area contributed by atoms with Crippen LogP contribution in [0.5, 0.6) is 17.2 Å². The molecule has 8 nitrogen and oxygen atoms in total. The second kappa shape index (κ2) is 10.0. The number of nitrogens with zero attached hydrogens (tertiary/aromatic N) is 1. The van der Waals surface area contributed by atoms with Crippen molar-refractivity contribution < 1.29 is 28.6 Å². The molecule has 3 amide bonds. The van der Waals surface area contributed by atoms with E-state index in [1.807, 2.05) is 13.8 Å². The van der Waals surface area contributed by atoms with Crippen molar-refractivity contribution in [1.29, 1.82) is 0 Å². The minimum atomic E-state index is -0.412. The molecule has 0 bridgehead atoms. The van der Waals surface area contributed by atoms with E-state index in [-0.39, 0.29) is 29.1 Å². The van der Waals surface area contributed by atoms with Crippen molar-refractivity contribution in [3.05, 3.63) is 34.3 Å². The molecule has 29 heavy (non-hydrogen) atoms. The lowest BCUT2D eigenvalue weighted by molar-refractivity contribution is -0.123. The van der Waals surface area contributed by atoms with Gasteiger partial charge in [-0.3, -0.25) is 19.3 Å². The van der Waals surface area contributed by atoms with Crippen LogP contribution in [0.2, 0.25) is 0 Å². The maximum Gasteiger partial charge on any atom is 0.293 e. The Hall–Kier alpha value is -2.94. The Kier molecular flexibility index (Phi) is 7.72. The van der Waals surface area contributed by atoms with Gasteiger partial charge in [0.1, 0.15) is 0 Å². The first-order valence-corrected chi connectivity index (χ1v) is 9.60. The van der Waals surface area contributed by atoms with Gasteiger partial charge in [-0.1, -0.05) is 5.57 Å². The smallest absolute Gasteiger partial charge is 0.293 e. The summed E-state index contributed by atoms with van der Waals surface area (Å²) in [4.78, 5) is 37.9. The van der Waals surface area contributed by atoms with Gasteiger partial charge in [-0.2, -0.15) is 0 Å². The molecule has 1 N–H and O–H groups in total. The Morgan fingerprint density at radius 2 is 1.72 bits per heavy atom. The highest BCUT2D eigenvalue weighted by molar-refractivity contribution is 8.18. The summed E-state index contributed by atoms with van der Waals surface area (Å²) >= 11 is 0.844. The summed E-state index contributed by atoms with van der Waals surface area (Å²) in [6, 6.07) is 3.38. The molecule has 0 spiro atoms. The molecule has 2 rings (SSSR count). The quantitative estimate of drug-likeness (QED) is 0.646. The monoisotopic (exact) mass is 420 g/mol. The van der Waals surface area contributed by atoms with E-state index in [1.54, 1.807) is 18.2 Å². The maximum absolute atomic E-state index is 12.6. The number of carbonyl (C=O) groups excluding carboxylic acids is 3. The SMILES string of the molecule is COc1cc(/C=C2\SC(=O)N(CCNC(=O)C=C(C)C)C2=O)cc(OC)c1OC. The van der Waals surface area contributed by atoms with Gasteiger partial charge < -0.3 is 19.5 Å². The molecule has 0 unspecified atom stereocenters. The normalized spacial score (nSPS) is 14.8. The summed E-state index contributed by atoms with van der Waals surface area (Å²) in [6.07, 6.45) is 3.05. The van der Waals surface area contributed by atoms with Crippen molar-refractivity contribution in [3.63, 3.8) is 0 Å². The van der Waals surface area contributed by atoms with Crippen LogP contribution in [0.25, 0.3) is 6.08 Å². The zero-order valence-electron chi connectivity index (χ0n) is 17.0. The number of amides is 3. The fourth-order valence-corrected chi connectivity index (χ4v) is 3.50. The van der Waals surface area contributed by atoms with Crippen molar-refractivity contribution in [2.45, 2.75) is 13.8 Å². The van der Waals surface area contributed by atoms with Gasteiger partial charge in [-0.25, -0.2) is 0 Å². The minimum absolute atomic E-state index is 0.0968. The lowest BCUT2D eigenvalue weighted by atomic mass is 10.1. The molecule has 1 aliphatic rings. The van der Waals surface area contributed by atoms with Crippen molar-refractivity contribution in [1.82, 2.24) is 10.2 Å². The molecule has 0 aromatic heterocycles. The summed E-state index contributed by atoms with van der Waals surface area (Å²) in [6.45, 7) is 3.89. The number of imide groups is 1. The molecule has 0 atom stereocenters. The second-order valence-electron chi connectivity index (χ2n) is 6.30. The highest BCUT2D eigenvalue weighted by Gasteiger charge is 2.34. The number of carbonyl (C=O) groups is 3. The van der Waals surface area contributed by atoms with Gasteiger partial charge in [0.2, 0.25) is 11.7 Å². The number of thioether (sulfide) groups is 1. The number of methoxy groups -OCH3 is 3. The van der Waals surface area contributed by atoms with Crippen LogP contribution in [0, 0.1) is 0 Å². The van der Waals surface area contributed by atoms with Crippen molar-refractivity contribution in [2.24, 2.45) is 0 Å². The maximum atomic E-state index is 12.6. The lowest BCUT2D eigenvalue weighted by Gasteiger charge is -2.13. The molecule has 0 saturated carbocycles. The van der Waals surface area contributed by atoms with Crippen LogP contribution in [0.15, 0.2) is 28.7 Å². The van der Waals surface area contributed by atoms with Crippen molar-refractivity contribution in [3.8, 4) is 17.2 Å². The predicted octanol–water partition coefficient (Wildman–Crippen LogP) is 2.83. The van der Waals surface area contributed by atoms with E-state index in [4.69, 9.17) is 14.2 Å². The number of hydrogen-bond donors (Lipinski definition) is 1. The van der Waals surface area contributed by atoms with E-state index in [9.17, 15) is 14.4 Å². The highest BCUT2D eigenvalue weighted by atomic mass is 32.2. The molecule has 1 aromatic rings. The summed E-state index contributed by atoms with van der Waals surface area (Å²) < 4.78 is 15.9. The Morgan fingerprint density at radius 3 is 2.24 bits per heavy atom. The first-order valence-electron chi connectivity index (χ1n) is 8.78. The first kappa shape index (κ1) is 22.4. The predicted molar refractivity (Wildman–Crippen MR) is 111 cm³/mol. The number of hydrogen-bond acceptors (Lipinski definition) is 7. The lowest BCUT2D eigenvalue weighted by Crippen LogP contribution is -2.36. The summed E-state index contributed by atoms with van der Waals surface area (Å²) in [5.41, 5.74) is 1.49. The molecule has 1 aromatic carbocycles. The van der Waals surface area contributed by atoms with E-state index in [2.05, 4.69) is 5.32 Å². The molecule has 1 heterocycles. The number of allylic oxidation sites excluding steroid dienone is 1. The molecule has 0 radical (unpaired) electrons. The summed E-state index contributed by atoms with van der Waals surface area (Å²) in [5.74, 6) is 0.654. The van der Waals surface area contributed by atoms with Crippen LogP contribution < -0.4 is 19.5 Å². The fraction of sp³-hybridized carbons (Fsp3) is 0.350. The second-order valence-corrected chi connectivity index (χ2v) is 7.30. The van der Waals surface area contributed by atoms with Crippen LogP contribution >= 0.6 is 11.8 Å². The van der Waals surface area contributed by atoms with Gasteiger partial charge in [-0.15, -0.1) is 0 Å². The van der Waals surface area contributed by atoms with Gasteiger partial charge in [0.15, 0.2) is 11.5 Å². The van der Waals surface area contributed by atoms with Crippen molar-refractivity contribution >= 4 is 34.9 Å². The highest BCUT2D eigenvalue weighted by Crippen LogP contribution is 2.40. The third-order valence-corrected chi connectivity index (χ3v) is 4.82. The molecule has 9 heteroatoms. The summed E-state index contributed by atoms with van der Waals surface area (Å²) in [7, 11) is 4.50. The van der Waals surface area contributed by atoms with Crippen LogP contribution in [0.3, 0.4) is 0 Å². The van der Waals surface area contributed by atoms with E-state index >= 15 is 0 Å². The number of ether oxygens (including phenoxy) is 3. The van der Waals surface area contributed by atoms with Crippen LogP contribution in [-0.4, -0.2) is 56.4 Å². The standard InChI is InChI=1S/C20H24N2O6S/c1-12(2)8-17(23)21-6-7-22-19(24)16(29-20(22)25)11-13-9-14(26-3)18(28-5)15(10-13)27-4/h8-11H,6-7H2,1-5H3,(H,21,23)/b16-11-. The van der Waals surface area contributed by atoms with Gasteiger partial charge in [0.05, 0.1) is 26.2 Å². The summed E-state index contributed by atoms with van der Waals surface area (Å²) in [5, 5.41) is 2.27. The Balaban J connectivity index is 2.15. The van der Waals surface area contributed by atoms with E-state index in [0.29, 0.717) is 22.8 Å². The molecule has 1 saturated heterocycles. The third-order valence-electron chi connectivity index (χ3n) is 3.91. The van der Waals surface area contributed by atoms with Crippen LogP contribution in [0.4, 0.5) is 4.79 Å². The number of benzene rings is 1. The van der Waals surface area contributed by atoms with E-state index < -0.39 is 5.91 Å². The number of rotatable bonds is 8. The van der Waals surface area contributed by atoms with Gasteiger partial charge in [-0.05, 0) is 49.4 Å². The number of nitrogens with one attached hydrogen (secondary N) is 1. The Morgan fingerprint density at radius 1 is 1.10 bits per heavy atom. The van der Waals surface area contributed by atoms with E-state index in [1.165, 1.54) is 27.4 Å². The van der Waals surface area contributed by atoms with Crippen molar-refractivity contribution in [2.75, 3.05) is 34.4 Å². The third kappa shape index (κ3) is 5.54. The molecule has 1 aliphatic heterocycles. The first-order chi connectivity index (χ1) is 13.8. The minimum Gasteiger partial charge on any atom is -0.493 e. The average molecular weight is 420 g/mol. The zero-order valence-corrected chi connectivity index (χ0v) is 17.8. The average Bonchev–Trinajstić information content (AvgIpc) is 2.93. The Labute approximate surface area is 173 Å². The van der Waals surface area contributed by atoms with Gasteiger partial charge in [0, 0.05) is 19.2 Å². The van der Waals surface area contributed by atoms with Crippen LogP contribution in [-0.2, 0) is 9.59 Å². The topological polar surface area (TPSA) is 94.2 Å². The molecular weight excluding hydrogens is 396 g/mol. The zero-order chi connectivity index (χ0) is 21.6. The largest absolute Gasteiger partial charge is 0.493 e. The molecule has 156 valence electrons. The molecular formula is C20H24N2O6S. The molecule has 1 fully saturated rings. The molecule has 0 aliphatic carbocycles. The van der Waals surface area contributed by atoms with Gasteiger partial charge >= 0.3 is 0 Å².